The van der Waals surface area contributed by atoms with Crippen molar-refractivity contribution < 1.29 is 4.39 Å². The maximum atomic E-state index is 15.0. The molecule has 1 N–H and O–H groups in total. The van der Waals surface area contributed by atoms with Crippen molar-refractivity contribution >= 4 is 11.4 Å². The highest BCUT2D eigenvalue weighted by molar-refractivity contribution is 5.69. The zero-order valence-electron chi connectivity index (χ0n) is 13.8. The number of aromatic nitrogens is 1. The van der Waals surface area contributed by atoms with Gasteiger partial charge in [0.2, 0.25) is 0 Å². The van der Waals surface area contributed by atoms with Crippen molar-refractivity contribution in [2.24, 2.45) is 0 Å². The van der Waals surface area contributed by atoms with E-state index in [4.69, 9.17) is 0 Å². The lowest BCUT2D eigenvalue weighted by molar-refractivity contribution is 0.626. The maximum absolute atomic E-state index is 15.0. The fourth-order valence-electron chi connectivity index (χ4n) is 2.62. The van der Waals surface area contributed by atoms with E-state index in [9.17, 15) is 0 Å². The van der Waals surface area contributed by atoms with Gasteiger partial charge in [0.05, 0.1) is 5.69 Å². The van der Waals surface area contributed by atoms with E-state index in [1.807, 2.05) is 66.7 Å². The molecule has 0 aliphatic rings. The van der Waals surface area contributed by atoms with Gasteiger partial charge in [-0.1, -0.05) is 61.9 Å². The van der Waals surface area contributed by atoms with Crippen molar-refractivity contribution in [3.8, 4) is 11.3 Å². The van der Waals surface area contributed by atoms with E-state index in [2.05, 4.69) is 17.2 Å². The first-order valence-corrected chi connectivity index (χ1v) is 8.35. The van der Waals surface area contributed by atoms with Crippen LogP contribution in [0.3, 0.4) is 0 Å². The Morgan fingerprint density at radius 3 is 2.29 bits per heavy atom. The van der Waals surface area contributed by atoms with Gasteiger partial charge in [0.15, 0.2) is 5.82 Å². The summed E-state index contributed by atoms with van der Waals surface area (Å²) in [7, 11) is 0. The van der Waals surface area contributed by atoms with Crippen molar-refractivity contribution in [2.75, 3.05) is 5.32 Å². The number of benzene rings is 2. The van der Waals surface area contributed by atoms with E-state index < -0.39 is 0 Å². The summed E-state index contributed by atoms with van der Waals surface area (Å²) in [5.74, 6) is -0.315. The van der Waals surface area contributed by atoms with Crippen molar-refractivity contribution in [3.05, 3.63) is 78.2 Å². The van der Waals surface area contributed by atoms with Crippen molar-refractivity contribution in [1.82, 2.24) is 4.98 Å². The molecule has 3 aromatic rings. The van der Waals surface area contributed by atoms with E-state index in [1.165, 1.54) is 0 Å². The summed E-state index contributed by atoms with van der Waals surface area (Å²) >= 11 is 0. The minimum Gasteiger partial charge on any atom is -0.353 e. The Kier molecular flexibility index (Phi) is 5.22. The number of rotatable bonds is 6. The van der Waals surface area contributed by atoms with Gasteiger partial charge in [-0.25, -0.2) is 9.37 Å². The number of nitrogens with zero attached hydrogens (tertiary/aromatic N) is 1. The smallest absolute Gasteiger partial charge is 0.172 e. The van der Waals surface area contributed by atoms with Gasteiger partial charge in [0, 0.05) is 16.9 Å². The van der Waals surface area contributed by atoms with E-state index in [1.54, 1.807) is 0 Å². The molecule has 0 aliphatic carbocycles. The summed E-state index contributed by atoms with van der Waals surface area (Å²) < 4.78 is 15.0. The van der Waals surface area contributed by atoms with Crippen LogP contribution < -0.4 is 5.32 Å². The van der Waals surface area contributed by atoms with Crippen LogP contribution in [-0.4, -0.2) is 4.98 Å². The average Bonchev–Trinajstić information content (AvgIpc) is 2.64. The van der Waals surface area contributed by atoms with Gasteiger partial charge in [-0.2, -0.15) is 0 Å². The third-order valence-electron chi connectivity index (χ3n) is 3.90. The molecule has 3 rings (SSSR count). The first kappa shape index (κ1) is 16.2. The van der Waals surface area contributed by atoms with E-state index in [-0.39, 0.29) is 5.82 Å². The van der Waals surface area contributed by atoms with Crippen LogP contribution in [0.5, 0.6) is 0 Å². The Hall–Kier alpha value is -2.68. The average molecular weight is 320 g/mol. The standard InChI is InChI=1S/C21H21FN2/c1-2-3-12-18-15-19(23-17-13-8-5-9-14-17)20(22)21(24-18)16-10-6-4-7-11-16/h4-11,13-15H,2-3,12H2,1H3,(H,23,24). The highest BCUT2D eigenvalue weighted by atomic mass is 19.1. The minimum absolute atomic E-state index is 0.315. The quantitative estimate of drug-likeness (QED) is 0.605. The van der Waals surface area contributed by atoms with Crippen molar-refractivity contribution in [2.45, 2.75) is 26.2 Å². The number of aryl methyl sites for hydroxylation is 1. The third kappa shape index (κ3) is 3.80. The van der Waals surface area contributed by atoms with E-state index in [0.29, 0.717) is 11.4 Å². The largest absolute Gasteiger partial charge is 0.353 e. The first-order chi connectivity index (χ1) is 11.8. The Balaban J connectivity index is 2.03. The number of halogens is 1. The molecule has 1 aromatic heterocycles. The SMILES string of the molecule is CCCCc1cc(Nc2ccccc2)c(F)c(-c2ccccc2)n1. The fourth-order valence-corrected chi connectivity index (χ4v) is 2.62. The lowest BCUT2D eigenvalue weighted by Gasteiger charge is -2.13. The summed E-state index contributed by atoms with van der Waals surface area (Å²) in [6.07, 6.45) is 2.97. The van der Waals surface area contributed by atoms with Crippen LogP contribution >= 0.6 is 0 Å². The zero-order valence-corrected chi connectivity index (χ0v) is 13.8. The van der Waals surface area contributed by atoms with Crippen LogP contribution in [-0.2, 0) is 6.42 Å². The molecule has 0 saturated carbocycles. The summed E-state index contributed by atoms with van der Waals surface area (Å²) in [5.41, 5.74) is 3.45. The number of anilines is 2. The van der Waals surface area contributed by atoms with Crippen LogP contribution in [0.1, 0.15) is 25.5 Å². The van der Waals surface area contributed by atoms with Gasteiger partial charge in [0.1, 0.15) is 5.69 Å². The second-order valence-electron chi connectivity index (χ2n) is 5.78. The molecule has 2 nitrogen and oxygen atoms in total. The normalized spacial score (nSPS) is 10.6. The van der Waals surface area contributed by atoms with Crippen LogP contribution in [0.15, 0.2) is 66.7 Å². The highest BCUT2D eigenvalue weighted by Gasteiger charge is 2.14. The van der Waals surface area contributed by atoms with Crippen LogP contribution in [0.25, 0.3) is 11.3 Å². The van der Waals surface area contributed by atoms with Gasteiger partial charge in [0.25, 0.3) is 0 Å². The monoisotopic (exact) mass is 320 g/mol. The molecule has 0 aliphatic heterocycles. The maximum Gasteiger partial charge on any atom is 0.172 e. The Labute approximate surface area is 142 Å². The fraction of sp³-hybridized carbons (Fsp3) is 0.190. The summed E-state index contributed by atoms with van der Waals surface area (Å²) in [5, 5.41) is 3.18. The molecule has 0 unspecified atom stereocenters. The third-order valence-corrected chi connectivity index (χ3v) is 3.90. The van der Waals surface area contributed by atoms with E-state index >= 15 is 4.39 Å². The Morgan fingerprint density at radius 2 is 1.62 bits per heavy atom. The molecular weight excluding hydrogens is 299 g/mol. The first-order valence-electron chi connectivity index (χ1n) is 8.35. The number of para-hydroxylation sites is 1. The molecular formula is C21H21FN2. The Morgan fingerprint density at radius 1 is 0.958 bits per heavy atom. The van der Waals surface area contributed by atoms with Crippen LogP contribution in [0, 0.1) is 5.82 Å². The highest BCUT2D eigenvalue weighted by Crippen LogP contribution is 2.29. The molecule has 0 saturated heterocycles. The molecule has 0 fully saturated rings. The second-order valence-corrected chi connectivity index (χ2v) is 5.78. The molecule has 0 radical (unpaired) electrons. The Bertz CT molecular complexity index is 786. The van der Waals surface area contributed by atoms with Gasteiger partial charge in [-0.15, -0.1) is 0 Å². The van der Waals surface area contributed by atoms with Gasteiger partial charge in [-0.3, -0.25) is 0 Å². The predicted octanol–water partition coefficient (Wildman–Crippen LogP) is 5.97. The number of pyridine rings is 1. The molecule has 122 valence electrons. The van der Waals surface area contributed by atoms with Gasteiger partial charge < -0.3 is 5.32 Å². The number of unbranched alkanes of at least 4 members (excludes halogenated alkanes) is 1. The zero-order chi connectivity index (χ0) is 16.8. The number of hydrogen-bond donors (Lipinski definition) is 1. The predicted molar refractivity (Wildman–Crippen MR) is 98.0 cm³/mol. The molecule has 3 heteroatoms. The summed E-state index contributed by atoms with van der Waals surface area (Å²) in [6.45, 7) is 2.14. The molecule has 0 amide bonds. The number of nitrogens with one attached hydrogen (secondary N) is 1. The van der Waals surface area contributed by atoms with Gasteiger partial charge >= 0.3 is 0 Å². The summed E-state index contributed by atoms with van der Waals surface area (Å²) in [4.78, 5) is 4.57. The molecule has 0 bridgehead atoms. The minimum atomic E-state index is -0.315. The lowest BCUT2D eigenvalue weighted by atomic mass is 10.1. The van der Waals surface area contributed by atoms with Crippen LogP contribution in [0.2, 0.25) is 0 Å². The van der Waals surface area contributed by atoms with Gasteiger partial charge in [-0.05, 0) is 31.0 Å². The summed E-state index contributed by atoms with van der Waals surface area (Å²) in [6, 6.07) is 21.0. The number of hydrogen-bond acceptors (Lipinski definition) is 2. The molecule has 1 heterocycles. The molecule has 24 heavy (non-hydrogen) atoms. The lowest BCUT2D eigenvalue weighted by Crippen LogP contribution is -2.02. The van der Waals surface area contributed by atoms with Crippen molar-refractivity contribution in [1.29, 1.82) is 0 Å². The van der Waals surface area contributed by atoms with Crippen LogP contribution in [0.4, 0.5) is 15.8 Å². The molecule has 0 atom stereocenters. The van der Waals surface area contributed by atoms with E-state index in [0.717, 1.165) is 36.2 Å². The topological polar surface area (TPSA) is 24.9 Å². The second kappa shape index (κ2) is 7.73. The molecule has 0 spiro atoms. The van der Waals surface area contributed by atoms with Crippen molar-refractivity contribution in [3.63, 3.8) is 0 Å². The molecule has 2 aromatic carbocycles.